The molecule has 5 rings (SSSR count). The molecule has 0 aromatic heterocycles. The van der Waals surface area contributed by atoms with Crippen LogP contribution >= 0.6 is 24.8 Å². The van der Waals surface area contributed by atoms with Crippen LogP contribution in [0.25, 0.3) is 0 Å². The molecule has 1 aliphatic carbocycles. The maximum absolute atomic E-state index is 13.8. The van der Waals surface area contributed by atoms with Crippen molar-refractivity contribution in [2.75, 3.05) is 34.4 Å². The molecule has 2 aliphatic heterocycles. The minimum Gasteiger partial charge on any atom is -0.497 e. The summed E-state index contributed by atoms with van der Waals surface area (Å²) in [6.07, 6.45) is 3.00. The molecular formula is C31H36Cl2N4O5. The van der Waals surface area contributed by atoms with Gasteiger partial charge in [0, 0.05) is 23.3 Å². The Labute approximate surface area is 258 Å². The van der Waals surface area contributed by atoms with Gasteiger partial charge in [0.2, 0.25) is 0 Å². The lowest BCUT2D eigenvalue weighted by Crippen LogP contribution is -2.50. The van der Waals surface area contributed by atoms with Crippen molar-refractivity contribution in [2.45, 2.75) is 32.2 Å². The molecular weight excluding hydrogens is 579 g/mol. The van der Waals surface area contributed by atoms with Gasteiger partial charge in [-0.2, -0.15) is 0 Å². The minimum absolute atomic E-state index is 0. The van der Waals surface area contributed by atoms with Crippen LogP contribution in [0.2, 0.25) is 0 Å². The first kappa shape index (κ1) is 33.0. The van der Waals surface area contributed by atoms with Gasteiger partial charge >= 0.3 is 0 Å². The predicted octanol–water partition coefficient (Wildman–Crippen LogP) is 4.48. The fraction of sp³-hybridized carbons (Fsp3) is 0.387. The zero-order chi connectivity index (χ0) is 28.4. The first-order valence-electron chi connectivity index (χ1n) is 13.4. The normalized spacial score (nSPS) is 20.0. The quantitative estimate of drug-likeness (QED) is 0.395. The summed E-state index contributed by atoms with van der Waals surface area (Å²) in [6, 6.07) is 13.2. The number of Topliss-reactive ketones (excluding diaryl/α,β-unsaturated/α-hetero) is 2. The summed E-state index contributed by atoms with van der Waals surface area (Å²) in [5, 5.41) is 3.44. The number of nitrogens with one attached hydrogen (secondary N) is 1. The second-order valence-corrected chi connectivity index (χ2v) is 10.5. The number of aliphatic imine (C=N–C) groups is 3. The molecule has 0 bridgehead atoms. The van der Waals surface area contributed by atoms with Crippen LogP contribution in [0.1, 0.15) is 31.4 Å². The van der Waals surface area contributed by atoms with E-state index in [1.807, 2.05) is 42.5 Å². The van der Waals surface area contributed by atoms with Gasteiger partial charge in [-0.3, -0.25) is 14.6 Å². The smallest absolute Gasteiger partial charge is 0.187 e. The predicted molar refractivity (Wildman–Crippen MR) is 169 cm³/mol. The number of nitrogens with zero attached hydrogens (tertiary/aromatic N) is 3. The average Bonchev–Trinajstić information content (AvgIpc) is 3.42. The maximum atomic E-state index is 13.8. The summed E-state index contributed by atoms with van der Waals surface area (Å²) >= 11 is 0. The molecule has 0 saturated carbocycles. The van der Waals surface area contributed by atoms with Crippen molar-refractivity contribution in [2.24, 2.45) is 26.8 Å². The number of fused-ring (bicyclic) bond motifs is 2. The molecule has 0 spiro atoms. The van der Waals surface area contributed by atoms with E-state index in [0.717, 1.165) is 23.3 Å². The van der Waals surface area contributed by atoms with Crippen molar-refractivity contribution < 1.29 is 23.8 Å². The van der Waals surface area contributed by atoms with Gasteiger partial charge in [-0.05, 0) is 81.7 Å². The molecule has 2 aromatic carbocycles. The highest BCUT2D eigenvalue weighted by Gasteiger charge is 2.50. The molecule has 2 heterocycles. The van der Waals surface area contributed by atoms with E-state index in [1.165, 1.54) is 0 Å². The average molecular weight is 616 g/mol. The van der Waals surface area contributed by atoms with Crippen LogP contribution in [-0.2, 0) is 16.0 Å². The first-order chi connectivity index (χ1) is 19.3. The van der Waals surface area contributed by atoms with Crippen LogP contribution in [-0.4, -0.2) is 69.3 Å². The van der Waals surface area contributed by atoms with Gasteiger partial charge in [-0.1, -0.05) is 6.07 Å². The Morgan fingerprint density at radius 2 is 1.60 bits per heavy atom. The van der Waals surface area contributed by atoms with Crippen LogP contribution in [0, 0.1) is 11.8 Å². The van der Waals surface area contributed by atoms with Crippen LogP contribution in [0.3, 0.4) is 0 Å². The van der Waals surface area contributed by atoms with E-state index >= 15 is 0 Å². The van der Waals surface area contributed by atoms with E-state index < -0.39 is 17.4 Å². The molecule has 224 valence electrons. The number of carbonyl (C=O) groups excluding carboxylic acids is 2. The number of hydrogen-bond donors (Lipinski definition) is 1. The Morgan fingerprint density at radius 1 is 0.881 bits per heavy atom. The van der Waals surface area contributed by atoms with Gasteiger partial charge in [0.15, 0.2) is 28.9 Å². The van der Waals surface area contributed by atoms with E-state index in [0.29, 0.717) is 53.8 Å². The summed E-state index contributed by atoms with van der Waals surface area (Å²) in [7, 11) is 4.84. The zero-order valence-electron chi connectivity index (χ0n) is 24.3. The highest BCUT2D eigenvalue weighted by molar-refractivity contribution is 6.52. The zero-order valence-corrected chi connectivity index (χ0v) is 25.9. The van der Waals surface area contributed by atoms with E-state index in [-0.39, 0.29) is 36.4 Å². The number of benzene rings is 2. The lowest BCUT2D eigenvalue weighted by atomic mass is 9.67. The van der Waals surface area contributed by atoms with E-state index in [9.17, 15) is 9.59 Å². The summed E-state index contributed by atoms with van der Waals surface area (Å²) in [5.41, 5.74) is 2.44. The standard InChI is InChI=1S/C31H34N4O5.2ClH/c1-31(2)29(37)25-21(13-15-32-14-12-18-6-11-23(39-4)24(16-18)40-5)28(36)27-26(22(25)17-33-31)34-30(35-27)19-7-9-20(38-3)10-8-19;;/h6-11,16-17,21,25,32H,12-15H2,1-5H3;2*1H. The van der Waals surface area contributed by atoms with Gasteiger partial charge in [-0.25, -0.2) is 9.98 Å². The highest BCUT2D eigenvalue weighted by atomic mass is 35.5. The van der Waals surface area contributed by atoms with Crippen molar-refractivity contribution in [3.05, 3.63) is 64.9 Å². The molecule has 2 aromatic rings. The molecule has 0 radical (unpaired) electrons. The lowest BCUT2D eigenvalue weighted by Gasteiger charge is -2.37. The molecule has 1 N–H and O–H groups in total. The fourth-order valence-corrected chi connectivity index (χ4v) is 5.37. The summed E-state index contributed by atoms with van der Waals surface area (Å²) in [5.74, 6) is 1.22. The Hall–Kier alpha value is -3.53. The lowest BCUT2D eigenvalue weighted by molar-refractivity contribution is -0.131. The van der Waals surface area contributed by atoms with Gasteiger partial charge in [0.1, 0.15) is 22.7 Å². The van der Waals surface area contributed by atoms with Crippen molar-refractivity contribution in [1.82, 2.24) is 5.32 Å². The Kier molecular flexibility index (Phi) is 10.7. The van der Waals surface area contributed by atoms with Crippen LogP contribution in [0.5, 0.6) is 17.2 Å². The number of amidine groups is 1. The maximum Gasteiger partial charge on any atom is 0.187 e. The fourth-order valence-electron chi connectivity index (χ4n) is 5.37. The van der Waals surface area contributed by atoms with Crippen LogP contribution in [0.15, 0.2) is 68.7 Å². The van der Waals surface area contributed by atoms with Crippen LogP contribution in [0.4, 0.5) is 0 Å². The molecule has 3 aliphatic rings. The van der Waals surface area contributed by atoms with Crippen molar-refractivity contribution in [3.63, 3.8) is 0 Å². The Bertz CT molecular complexity index is 1460. The third kappa shape index (κ3) is 6.28. The second kappa shape index (κ2) is 13.6. The number of ether oxygens (including phenoxy) is 3. The number of methoxy groups -OCH3 is 3. The second-order valence-electron chi connectivity index (χ2n) is 10.5. The largest absolute Gasteiger partial charge is 0.497 e. The van der Waals surface area contributed by atoms with E-state index in [1.54, 1.807) is 41.4 Å². The number of ketones is 2. The molecule has 9 nitrogen and oxygen atoms in total. The van der Waals surface area contributed by atoms with Crippen molar-refractivity contribution in [3.8, 4) is 17.2 Å². The number of hydrogen-bond acceptors (Lipinski definition) is 9. The molecule has 2 unspecified atom stereocenters. The number of allylic oxidation sites excluding steroid dienone is 2. The topological polar surface area (TPSA) is 111 Å². The summed E-state index contributed by atoms with van der Waals surface area (Å²) < 4.78 is 16.0. The van der Waals surface area contributed by atoms with E-state index in [2.05, 4.69) is 15.3 Å². The van der Waals surface area contributed by atoms with Crippen LogP contribution < -0.4 is 19.5 Å². The molecule has 11 heteroatoms. The van der Waals surface area contributed by atoms with Gasteiger partial charge in [0.25, 0.3) is 0 Å². The third-order valence-corrected chi connectivity index (χ3v) is 7.67. The van der Waals surface area contributed by atoms with Crippen molar-refractivity contribution >= 4 is 54.1 Å². The number of carbonyl (C=O) groups is 2. The Morgan fingerprint density at radius 3 is 2.26 bits per heavy atom. The minimum atomic E-state index is -0.899. The molecule has 0 amide bonds. The van der Waals surface area contributed by atoms with Gasteiger partial charge in [0.05, 0.1) is 27.2 Å². The summed E-state index contributed by atoms with van der Waals surface area (Å²) in [4.78, 5) is 41.3. The number of rotatable bonds is 10. The molecule has 2 atom stereocenters. The van der Waals surface area contributed by atoms with E-state index in [4.69, 9.17) is 19.2 Å². The van der Waals surface area contributed by atoms with Crippen molar-refractivity contribution in [1.29, 1.82) is 0 Å². The highest BCUT2D eigenvalue weighted by Crippen LogP contribution is 2.41. The SMILES string of the molecule is COc1ccc(C2=NC3=C4C=NC(C)(C)C(=O)C4C(CCNCCc4ccc(OC)c(OC)c4)C(=O)C3=N2)cc1.Cl.Cl. The first-order valence-corrected chi connectivity index (χ1v) is 13.4. The Balaban J connectivity index is 0.00000242. The van der Waals surface area contributed by atoms with Gasteiger partial charge < -0.3 is 19.5 Å². The number of halogens is 2. The van der Waals surface area contributed by atoms with Gasteiger partial charge in [-0.15, -0.1) is 24.8 Å². The monoisotopic (exact) mass is 614 g/mol. The molecule has 0 fully saturated rings. The molecule has 42 heavy (non-hydrogen) atoms. The molecule has 0 saturated heterocycles. The third-order valence-electron chi connectivity index (χ3n) is 7.67. The summed E-state index contributed by atoms with van der Waals surface area (Å²) in [6.45, 7) is 4.87.